The summed E-state index contributed by atoms with van der Waals surface area (Å²) in [5.74, 6) is 3.64. The monoisotopic (exact) mass is 204 g/mol. The molecule has 72 valence electrons. The smallest absolute Gasteiger partial charge is 0.150 e. The molecule has 0 heterocycles. The molecule has 1 rings (SSSR count). The molecule has 14 heavy (non-hydrogen) atoms. The van der Waals surface area contributed by atoms with E-state index >= 15 is 0 Å². The van der Waals surface area contributed by atoms with Crippen LogP contribution in [0, 0.1) is 12.3 Å². The lowest BCUT2D eigenvalue weighted by molar-refractivity contribution is 0.112. The first kappa shape index (κ1) is 10.9. The maximum atomic E-state index is 10.4. The van der Waals surface area contributed by atoms with Crippen molar-refractivity contribution in [3.05, 3.63) is 29.8 Å². The highest BCUT2D eigenvalue weighted by atomic mass is 32.2. The molecule has 0 aromatic heterocycles. The molecular weight excluding hydrogens is 192 g/mol. The zero-order chi connectivity index (χ0) is 10.2. The molecule has 0 spiro atoms. The highest BCUT2D eigenvalue weighted by Gasteiger charge is 1.94. The molecular formula is C12H12OS. The summed E-state index contributed by atoms with van der Waals surface area (Å²) in [6.07, 6.45) is 7.87. The molecule has 0 radical (unpaired) electrons. The second kappa shape index (κ2) is 6.28. The number of thioether (sulfide) groups is 1. The predicted octanol–water partition coefficient (Wildman–Crippen LogP) is 3.00. The lowest BCUT2D eigenvalue weighted by Crippen LogP contribution is -1.81. The molecule has 0 saturated carbocycles. The molecule has 1 nitrogen and oxygen atoms in total. The van der Waals surface area contributed by atoms with Crippen molar-refractivity contribution in [2.45, 2.75) is 17.7 Å². The van der Waals surface area contributed by atoms with Gasteiger partial charge in [-0.3, -0.25) is 4.79 Å². The number of unbranched alkanes of at least 4 members (excludes halogenated alkanes) is 1. The van der Waals surface area contributed by atoms with Crippen molar-refractivity contribution in [3.63, 3.8) is 0 Å². The van der Waals surface area contributed by atoms with Gasteiger partial charge in [0.1, 0.15) is 6.29 Å². The van der Waals surface area contributed by atoms with Crippen molar-refractivity contribution in [1.82, 2.24) is 0 Å². The zero-order valence-electron chi connectivity index (χ0n) is 7.90. The van der Waals surface area contributed by atoms with Crippen LogP contribution >= 0.6 is 11.8 Å². The van der Waals surface area contributed by atoms with Gasteiger partial charge in [-0.25, -0.2) is 0 Å². The Kier molecular flexibility index (Phi) is 4.88. The van der Waals surface area contributed by atoms with Gasteiger partial charge in [-0.1, -0.05) is 12.1 Å². The molecule has 0 saturated heterocycles. The average molecular weight is 204 g/mol. The van der Waals surface area contributed by atoms with Crippen molar-refractivity contribution in [2.24, 2.45) is 0 Å². The third-order valence-electron chi connectivity index (χ3n) is 1.75. The Bertz CT molecular complexity index is 321. The van der Waals surface area contributed by atoms with Gasteiger partial charge in [-0.2, -0.15) is 0 Å². The Balaban J connectivity index is 2.37. The van der Waals surface area contributed by atoms with E-state index in [0.29, 0.717) is 0 Å². The van der Waals surface area contributed by atoms with Crippen molar-refractivity contribution >= 4 is 18.0 Å². The second-order valence-electron chi connectivity index (χ2n) is 2.84. The van der Waals surface area contributed by atoms with Gasteiger partial charge < -0.3 is 0 Å². The molecule has 0 aliphatic carbocycles. The van der Waals surface area contributed by atoms with Gasteiger partial charge in [-0.05, 0) is 24.3 Å². The van der Waals surface area contributed by atoms with E-state index in [2.05, 4.69) is 5.92 Å². The van der Waals surface area contributed by atoms with Gasteiger partial charge in [0.15, 0.2) is 0 Å². The van der Waals surface area contributed by atoms with E-state index in [0.717, 1.165) is 30.4 Å². The van der Waals surface area contributed by atoms with Crippen LogP contribution in [0.2, 0.25) is 0 Å². The van der Waals surface area contributed by atoms with Crippen LogP contribution in [-0.2, 0) is 0 Å². The minimum absolute atomic E-state index is 0.720. The van der Waals surface area contributed by atoms with E-state index in [1.807, 2.05) is 24.3 Å². The van der Waals surface area contributed by atoms with E-state index in [-0.39, 0.29) is 0 Å². The number of hydrogen-bond acceptors (Lipinski definition) is 2. The highest BCUT2D eigenvalue weighted by Crippen LogP contribution is 2.19. The van der Waals surface area contributed by atoms with Gasteiger partial charge in [0.25, 0.3) is 0 Å². The molecule has 2 heteroatoms. The molecule has 0 bridgehead atoms. The number of carbonyl (C=O) groups is 1. The summed E-state index contributed by atoms with van der Waals surface area (Å²) in [4.78, 5) is 11.6. The van der Waals surface area contributed by atoms with E-state index in [9.17, 15) is 4.79 Å². The summed E-state index contributed by atoms with van der Waals surface area (Å²) in [6, 6.07) is 7.58. The summed E-state index contributed by atoms with van der Waals surface area (Å²) in [5, 5.41) is 0. The molecule has 1 aromatic rings. The third-order valence-corrected chi connectivity index (χ3v) is 2.85. The summed E-state index contributed by atoms with van der Waals surface area (Å²) >= 11 is 1.77. The van der Waals surface area contributed by atoms with E-state index in [1.54, 1.807) is 11.8 Å². The Labute approximate surface area is 88.9 Å². The highest BCUT2D eigenvalue weighted by molar-refractivity contribution is 7.99. The van der Waals surface area contributed by atoms with Crippen molar-refractivity contribution in [3.8, 4) is 12.3 Å². The number of hydrogen-bond donors (Lipinski definition) is 0. The van der Waals surface area contributed by atoms with Crippen LogP contribution in [0.1, 0.15) is 23.2 Å². The lowest BCUT2D eigenvalue weighted by atomic mass is 10.2. The Morgan fingerprint density at radius 1 is 1.36 bits per heavy atom. The van der Waals surface area contributed by atoms with E-state index < -0.39 is 0 Å². The van der Waals surface area contributed by atoms with Crippen LogP contribution in [0.4, 0.5) is 0 Å². The van der Waals surface area contributed by atoms with Crippen molar-refractivity contribution < 1.29 is 4.79 Å². The summed E-state index contributed by atoms with van der Waals surface area (Å²) in [7, 11) is 0. The molecule has 0 atom stereocenters. The molecule has 0 unspecified atom stereocenters. The fourth-order valence-electron chi connectivity index (χ4n) is 1.01. The van der Waals surface area contributed by atoms with Crippen LogP contribution in [0.25, 0.3) is 0 Å². The van der Waals surface area contributed by atoms with Crippen molar-refractivity contribution in [2.75, 3.05) is 5.75 Å². The van der Waals surface area contributed by atoms with Crippen LogP contribution in [0.3, 0.4) is 0 Å². The normalized spacial score (nSPS) is 9.36. The molecule has 1 aromatic carbocycles. The number of benzene rings is 1. The largest absolute Gasteiger partial charge is 0.298 e. The maximum Gasteiger partial charge on any atom is 0.150 e. The standard InChI is InChI=1S/C12H12OS/c1-2-3-4-9-14-12-7-5-11(10-13)6-8-12/h1,5-8,10H,3-4,9H2. The molecule has 0 aliphatic heterocycles. The fourth-order valence-corrected chi connectivity index (χ4v) is 1.86. The van der Waals surface area contributed by atoms with E-state index in [1.165, 1.54) is 4.90 Å². The molecule has 0 amide bonds. The van der Waals surface area contributed by atoms with Crippen LogP contribution in [0.15, 0.2) is 29.2 Å². The quantitative estimate of drug-likeness (QED) is 0.317. The summed E-state index contributed by atoms with van der Waals surface area (Å²) in [5.41, 5.74) is 0.720. The topological polar surface area (TPSA) is 17.1 Å². The van der Waals surface area contributed by atoms with Crippen LogP contribution in [-0.4, -0.2) is 12.0 Å². The SMILES string of the molecule is C#CCCCSc1ccc(C=O)cc1. The van der Waals surface area contributed by atoms with Crippen LogP contribution in [0.5, 0.6) is 0 Å². The van der Waals surface area contributed by atoms with Gasteiger partial charge in [0.2, 0.25) is 0 Å². The maximum absolute atomic E-state index is 10.4. The first-order valence-corrected chi connectivity index (χ1v) is 5.47. The fraction of sp³-hybridized carbons (Fsp3) is 0.250. The van der Waals surface area contributed by atoms with Gasteiger partial charge >= 0.3 is 0 Å². The Hall–Kier alpha value is -1.20. The van der Waals surface area contributed by atoms with Gasteiger partial charge in [0, 0.05) is 16.9 Å². The first-order valence-electron chi connectivity index (χ1n) is 4.48. The number of carbonyl (C=O) groups excluding carboxylic acids is 1. The number of rotatable bonds is 5. The first-order chi connectivity index (χ1) is 6.86. The van der Waals surface area contributed by atoms with E-state index in [4.69, 9.17) is 6.42 Å². The minimum atomic E-state index is 0.720. The van der Waals surface area contributed by atoms with Crippen molar-refractivity contribution in [1.29, 1.82) is 0 Å². The molecule has 0 aliphatic rings. The zero-order valence-corrected chi connectivity index (χ0v) is 8.72. The summed E-state index contributed by atoms with van der Waals surface area (Å²) in [6.45, 7) is 0. The van der Waals surface area contributed by atoms with Gasteiger partial charge in [-0.15, -0.1) is 24.1 Å². The lowest BCUT2D eigenvalue weighted by Gasteiger charge is -1.99. The molecule has 0 N–H and O–H groups in total. The number of aldehydes is 1. The van der Waals surface area contributed by atoms with Crippen LogP contribution < -0.4 is 0 Å². The Morgan fingerprint density at radius 3 is 2.64 bits per heavy atom. The minimum Gasteiger partial charge on any atom is -0.298 e. The predicted molar refractivity (Wildman–Crippen MR) is 60.6 cm³/mol. The molecule has 0 fully saturated rings. The average Bonchev–Trinajstić information content (AvgIpc) is 2.25. The number of terminal acetylenes is 1. The second-order valence-corrected chi connectivity index (χ2v) is 4.01. The summed E-state index contributed by atoms with van der Waals surface area (Å²) < 4.78 is 0. The Morgan fingerprint density at radius 2 is 2.07 bits per heavy atom. The van der Waals surface area contributed by atoms with Gasteiger partial charge in [0.05, 0.1) is 0 Å². The third kappa shape index (κ3) is 3.68.